The number of esters is 1. The average molecular weight is 158 g/mol. The number of ether oxygens (including phenoxy) is 1. The Hall–Kier alpha value is -1.06. The lowest BCUT2D eigenvalue weighted by Crippen LogP contribution is -2.25. The van der Waals surface area contributed by atoms with Gasteiger partial charge >= 0.3 is 5.97 Å². The van der Waals surface area contributed by atoms with E-state index in [2.05, 4.69) is 4.99 Å². The summed E-state index contributed by atoms with van der Waals surface area (Å²) >= 11 is 0. The molecular formula is C7H14N2O2. The van der Waals surface area contributed by atoms with E-state index in [0.29, 0.717) is 0 Å². The van der Waals surface area contributed by atoms with Crippen molar-refractivity contribution < 1.29 is 9.53 Å². The lowest BCUT2D eigenvalue weighted by Gasteiger charge is -2.18. The van der Waals surface area contributed by atoms with Crippen LogP contribution in [0.5, 0.6) is 0 Å². The smallest absolute Gasteiger partial charge is 0.328 e. The first-order chi connectivity index (χ1) is 4.95. The van der Waals surface area contributed by atoms with Gasteiger partial charge in [-0.2, -0.15) is 0 Å². The fourth-order valence-corrected chi connectivity index (χ4v) is 0.501. The zero-order valence-electron chi connectivity index (χ0n) is 7.13. The van der Waals surface area contributed by atoms with Crippen molar-refractivity contribution in [2.75, 3.05) is 6.54 Å². The van der Waals surface area contributed by atoms with Crippen molar-refractivity contribution in [1.29, 1.82) is 0 Å². The first-order valence-corrected chi connectivity index (χ1v) is 3.37. The largest absolute Gasteiger partial charge is 0.459 e. The van der Waals surface area contributed by atoms with Gasteiger partial charge in [0.15, 0.2) is 0 Å². The Morgan fingerprint density at radius 2 is 2.18 bits per heavy atom. The third-order valence-electron chi connectivity index (χ3n) is 0.746. The van der Waals surface area contributed by atoms with E-state index < -0.39 is 5.60 Å². The number of nitrogens with two attached hydrogens (primary N) is 1. The van der Waals surface area contributed by atoms with Gasteiger partial charge in [-0.1, -0.05) is 0 Å². The van der Waals surface area contributed by atoms with Crippen LogP contribution in [0.1, 0.15) is 20.8 Å². The van der Waals surface area contributed by atoms with E-state index in [4.69, 9.17) is 10.5 Å². The molecule has 0 aromatic rings. The summed E-state index contributed by atoms with van der Waals surface area (Å²) in [6.07, 6.45) is 1.09. The molecule has 11 heavy (non-hydrogen) atoms. The maximum atomic E-state index is 10.8. The molecule has 0 aliphatic rings. The van der Waals surface area contributed by atoms with E-state index in [1.54, 1.807) is 20.8 Å². The van der Waals surface area contributed by atoms with Crippen molar-refractivity contribution in [2.45, 2.75) is 26.4 Å². The van der Waals surface area contributed by atoms with Gasteiger partial charge in [-0.25, -0.2) is 0 Å². The molecule has 0 bridgehead atoms. The summed E-state index contributed by atoms with van der Waals surface area (Å²) in [5.74, 6) is -0.362. The van der Waals surface area contributed by atoms with Gasteiger partial charge in [-0.15, -0.1) is 0 Å². The molecule has 2 N–H and O–H groups in total. The zero-order valence-corrected chi connectivity index (χ0v) is 7.13. The second kappa shape index (κ2) is 3.95. The Morgan fingerprint density at radius 1 is 1.64 bits per heavy atom. The highest BCUT2D eigenvalue weighted by molar-refractivity contribution is 5.73. The van der Waals surface area contributed by atoms with Crippen LogP contribution in [0, 0.1) is 0 Å². The summed E-state index contributed by atoms with van der Waals surface area (Å²) in [4.78, 5) is 14.4. The molecule has 0 heterocycles. The second-order valence-electron chi connectivity index (χ2n) is 3.08. The average Bonchev–Trinajstić information content (AvgIpc) is 1.79. The highest BCUT2D eigenvalue weighted by Crippen LogP contribution is 2.06. The molecule has 64 valence electrons. The van der Waals surface area contributed by atoms with Crippen LogP contribution in [-0.4, -0.2) is 24.5 Å². The lowest BCUT2D eigenvalue weighted by molar-refractivity contribution is -0.152. The number of carbonyl (C=O) groups is 1. The van der Waals surface area contributed by atoms with Crippen LogP contribution in [0.4, 0.5) is 0 Å². The van der Waals surface area contributed by atoms with E-state index in [1.165, 1.54) is 0 Å². The van der Waals surface area contributed by atoms with E-state index in [9.17, 15) is 4.79 Å². The molecule has 0 fully saturated rings. The summed E-state index contributed by atoms with van der Waals surface area (Å²) < 4.78 is 4.93. The van der Waals surface area contributed by atoms with Gasteiger partial charge < -0.3 is 10.5 Å². The molecule has 0 aliphatic heterocycles. The normalized spacial score (nSPS) is 11.9. The van der Waals surface area contributed by atoms with Crippen LogP contribution in [0.3, 0.4) is 0 Å². The molecule has 0 amide bonds. The van der Waals surface area contributed by atoms with Crippen molar-refractivity contribution in [2.24, 2.45) is 10.7 Å². The SMILES string of the molecule is CC(C)(C)OC(=O)CN=CN. The molecule has 0 unspecified atom stereocenters. The minimum absolute atomic E-state index is 0.00618. The number of rotatable bonds is 2. The lowest BCUT2D eigenvalue weighted by atomic mass is 10.2. The van der Waals surface area contributed by atoms with Crippen LogP contribution in [-0.2, 0) is 9.53 Å². The summed E-state index contributed by atoms with van der Waals surface area (Å²) in [5.41, 5.74) is 4.50. The van der Waals surface area contributed by atoms with Crippen molar-refractivity contribution in [3.05, 3.63) is 0 Å². The van der Waals surface area contributed by atoms with Gasteiger partial charge in [0.25, 0.3) is 0 Å². The third-order valence-corrected chi connectivity index (χ3v) is 0.746. The predicted molar refractivity (Wildman–Crippen MR) is 43.4 cm³/mol. The summed E-state index contributed by atoms with van der Waals surface area (Å²) in [7, 11) is 0. The predicted octanol–water partition coefficient (Wildman–Crippen LogP) is 0.315. The first kappa shape index (κ1) is 9.94. The minimum atomic E-state index is -0.443. The standard InChI is InChI=1S/C7H14N2O2/c1-7(2,3)11-6(10)4-9-5-8/h5H,4H2,1-3H3,(H2,8,9). The van der Waals surface area contributed by atoms with Gasteiger partial charge in [0.1, 0.15) is 12.1 Å². The molecule has 0 radical (unpaired) electrons. The Balaban J connectivity index is 3.70. The molecule has 0 atom stereocenters. The third kappa shape index (κ3) is 6.83. The Morgan fingerprint density at radius 3 is 2.55 bits per heavy atom. The highest BCUT2D eigenvalue weighted by atomic mass is 16.6. The molecule has 4 heteroatoms. The number of hydrogen-bond acceptors (Lipinski definition) is 3. The van der Waals surface area contributed by atoms with E-state index in [-0.39, 0.29) is 12.5 Å². The van der Waals surface area contributed by atoms with Crippen molar-refractivity contribution in [3.63, 3.8) is 0 Å². The molecule has 0 aliphatic carbocycles. The number of nitrogens with zero attached hydrogens (tertiary/aromatic N) is 1. The van der Waals surface area contributed by atoms with Crippen molar-refractivity contribution in [1.82, 2.24) is 0 Å². The van der Waals surface area contributed by atoms with Gasteiger partial charge in [0, 0.05) is 0 Å². The molecule has 0 saturated heterocycles. The quantitative estimate of drug-likeness (QED) is 0.357. The van der Waals surface area contributed by atoms with Crippen LogP contribution >= 0.6 is 0 Å². The highest BCUT2D eigenvalue weighted by Gasteiger charge is 2.14. The molecule has 0 aromatic carbocycles. The number of carbonyl (C=O) groups excluding carboxylic acids is 1. The minimum Gasteiger partial charge on any atom is -0.459 e. The van der Waals surface area contributed by atoms with Gasteiger partial charge in [-0.05, 0) is 20.8 Å². The summed E-state index contributed by atoms with van der Waals surface area (Å²) in [6.45, 7) is 5.40. The van der Waals surface area contributed by atoms with E-state index in [1.807, 2.05) is 0 Å². The second-order valence-corrected chi connectivity index (χ2v) is 3.08. The van der Waals surface area contributed by atoms with Crippen LogP contribution in [0.2, 0.25) is 0 Å². The zero-order chi connectivity index (χ0) is 8.91. The fourth-order valence-electron chi connectivity index (χ4n) is 0.501. The summed E-state index contributed by atoms with van der Waals surface area (Å²) in [5, 5.41) is 0. The van der Waals surface area contributed by atoms with E-state index in [0.717, 1.165) is 6.34 Å². The number of aliphatic imine (C=N–C) groups is 1. The van der Waals surface area contributed by atoms with Crippen LogP contribution in [0.25, 0.3) is 0 Å². The molecule has 0 rings (SSSR count). The van der Waals surface area contributed by atoms with Crippen LogP contribution < -0.4 is 5.73 Å². The molecule has 0 saturated carbocycles. The first-order valence-electron chi connectivity index (χ1n) is 3.37. The molecule has 0 spiro atoms. The van der Waals surface area contributed by atoms with Crippen LogP contribution in [0.15, 0.2) is 4.99 Å². The van der Waals surface area contributed by atoms with Crippen molar-refractivity contribution in [3.8, 4) is 0 Å². The number of hydrogen-bond donors (Lipinski definition) is 1. The molecular weight excluding hydrogens is 144 g/mol. The van der Waals surface area contributed by atoms with Crippen molar-refractivity contribution >= 4 is 12.3 Å². The summed E-state index contributed by atoms with van der Waals surface area (Å²) in [6, 6.07) is 0. The Labute approximate surface area is 66.4 Å². The monoisotopic (exact) mass is 158 g/mol. The topological polar surface area (TPSA) is 64.7 Å². The van der Waals surface area contributed by atoms with Gasteiger partial charge in [0.05, 0.1) is 6.34 Å². The fraction of sp³-hybridized carbons (Fsp3) is 0.714. The molecule has 4 nitrogen and oxygen atoms in total. The Bertz CT molecular complexity index is 158. The Kier molecular flexibility index (Phi) is 3.57. The molecule has 0 aromatic heterocycles. The van der Waals surface area contributed by atoms with E-state index >= 15 is 0 Å². The van der Waals surface area contributed by atoms with Gasteiger partial charge in [0.2, 0.25) is 0 Å². The maximum Gasteiger partial charge on any atom is 0.328 e. The maximum absolute atomic E-state index is 10.8. The van der Waals surface area contributed by atoms with Gasteiger partial charge in [-0.3, -0.25) is 9.79 Å².